The molecule has 1 atom stereocenters. The van der Waals surface area contributed by atoms with Gasteiger partial charge in [0.15, 0.2) is 0 Å². The van der Waals surface area contributed by atoms with Crippen LogP contribution in [0.25, 0.3) is 0 Å². The lowest BCUT2D eigenvalue weighted by molar-refractivity contribution is 0.479. The molecule has 10 heavy (non-hydrogen) atoms. The third-order valence-corrected chi connectivity index (χ3v) is 2.05. The van der Waals surface area contributed by atoms with Crippen LogP contribution in [-0.4, -0.2) is 28.2 Å². The van der Waals surface area contributed by atoms with Crippen molar-refractivity contribution in [2.75, 3.05) is 19.3 Å². The molecule has 58 valence electrons. The van der Waals surface area contributed by atoms with Crippen LogP contribution < -0.4 is 0 Å². The maximum atomic E-state index is 10.9. The quantitative estimate of drug-likeness (QED) is 0.441. The Labute approximate surface area is 65.5 Å². The van der Waals surface area contributed by atoms with Crippen molar-refractivity contribution in [2.24, 2.45) is 0 Å². The number of nitrogens with zero attached hydrogens (tertiary/aromatic N) is 1. The Hall–Kier alpha value is -0.250. The van der Waals surface area contributed by atoms with Crippen LogP contribution in [0.15, 0.2) is 25.3 Å². The Morgan fingerprint density at radius 1 is 1.40 bits per heavy atom. The van der Waals surface area contributed by atoms with Crippen LogP contribution in [0.2, 0.25) is 0 Å². The van der Waals surface area contributed by atoms with Gasteiger partial charge in [-0.15, -0.1) is 17.5 Å². The summed E-state index contributed by atoms with van der Waals surface area (Å²) in [7, 11) is 0. The third kappa shape index (κ3) is 3.71. The zero-order chi connectivity index (χ0) is 7.98. The predicted octanol–water partition coefficient (Wildman–Crippen LogP) is 0.954. The molecule has 0 N–H and O–H groups in total. The summed E-state index contributed by atoms with van der Waals surface area (Å²) in [5.74, 6) is 0. The molecule has 0 spiro atoms. The van der Waals surface area contributed by atoms with Crippen molar-refractivity contribution in [1.82, 2.24) is 4.31 Å². The van der Waals surface area contributed by atoms with E-state index in [2.05, 4.69) is 13.2 Å². The molecule has 0 bridgehead atoms. The van der Waals surface area contributed by atoms with Crippen molar-refractivity contribution >= 4 is 11.4 Å². The molecule has 0 saturated carbocycles. The summed E-state index contributed by atoms with van der Waals surface area (Å²) in [5, 5.41) is 0. The molecule has 0 heterocycles. The van der Waals surface area contributed by atoms with Gasteiger partial charge in [0.25, 0.3) is 0 Å². The fraction of sp³-hybridized carbons (Fsp3) is 0.429. The highest BCUT2D eigenvalue weighted by molar-refractivity contribution is 7.88. The van der Waals surface area contributed by atoms with E-state index in [1.54, 1.807) is 22.7 Å². The van der Waals surface area contributed by atoms with Crippen LogP contribution in [-0.2, 0) is 11.4 Å². The first-order chi connectivity index (χ1) is 4.72. The molecule has 0 aliphatic heterocycles. The minimum Gasteiger partial charge on any atom is -0.598 e. The molecule has 0 aliphatic carbocycles. The second kappa shape index (κ2) is 5.53. The SMILES string of the molecule is C=CCN(CC=C)[S+](C)[O-]. The Kier molecular flexibility index (Phi) is 5.39. The molecule has 0 aliphatic rings. The number of hydrogen-bond acceptors (Lipinski definition) is 2. The molecule has 0 saturated heterocycles. The van der Waals surface area contributed by atoms with Crippen molar-refractivity contribution in [3.05, 3.63) is 25.3 Å². The summed E-state index contributed by atoms with van der Waals surface area (Å²) in [6, 6.07) is 0. The van der Waals surface area contributed by atoms with E-state index in [4.69, 9.17) is 0 Å². The molecule has 0 amide bonds. The Balaban J connectivity index is 3.70. The molecule has 0 fully saturated rings. The molecule has 0 aromatic rings. The lowest BCUT2D eigenvalue weighted by Crippen LogP contribution is -2.30. The van der Waals surface area contributed by atoms with Gasteiger partial charge in [0.05, 0.1) is 13.1 Å². The zero-order valence-corrected chi connectivity index (χ0v) is 7.06. The molecule has 1 unspecified atom stereocenters. The molecule has 0 radical (unpaired) electrons. The van der Waals surface area contributed by atoms with E-state index >= 15 is 0 Å². The monoisotopic (exact) mass is 159 g/mol. The highest BCUT2D eigenvalue weighted by Crippen LogP contribution is 1.96. The van der Waals surface area contributed by atoms with Crippen molar-refractivity contribution in [2.45, 2.75) is 0 Å². The Morgan fingerprint density at radius 3 is 2.00 bits per heavy atom. The van der Waals surface area contributed by atoms with Crippen LogP contribution in [0.4, 0.5) is 0 Å². The summed E-state index contributed by atoms with van der Waals surface area (Å²) in [4.78, 5) is 0. The Bertz CT molecular complexity index is 104. The molecule has 0 rings (SSSR count). The van der Waals surface area contributed by atoms with E-state index in [1.807, 2.05) is 0 Å². The fourth-order valence-corrected chi connectivity index (χ4v) is 1.20. The van der Waals surface area contributed by atoms with Crippen molar-refractivity contribution in [3.8, 4) is 0 Å². The first kappa shape index (κ1) is 9.75. The molecular formula is C7H13NOS. The third-order valence-electron chi connectivity index (χ3n) is 1.03. The van der Waals surface area contributed by atoms with Crippen LogP contribution in [0.5, 0.6) is 0 Å². The van der Waals surface area contributed by atoms with Crippen molar-refractivity contribution in [1.29, 1.82) is 0 Å². The minimum atomic E-state index is -0.912. The van der Waals surface area contributed by atoms with Crippen LogP contribution in [0.1, 0.15) is 0 Å². The number of hydrogen-bond donors (Lipinski definition) is 0. The normalized spacial score (nSPS) is 13.1. The van der Waals surface area contributed by atoms with Crippen LogP contribution in [0.3, 0.4) is 0 Å². The molecular weight excluding hydrogens is 146 g/mol. The van der Waals surface area contributed by atoms with E-state index < -0.39 is 11.4 Å². The number of rotatable bonds is 5. The standard InChI is InChI=1S/C7H13NOS/c1-4-6-8(7-5-2)10(3)9/h4-5H,1-2,6-7H2,3H3. The van der Waals surface area contributed by atoms with E-state index in [-0.39, 0.29) is 0 Å². The molecule has 2 nitrogen and oxygen atoms in total. The second-order valence-electron chi connectivity index (χ2n) is 1.85. The van der Waals surface area contributed by atoms with Crippen molar-refractivity contribution < 1.29 is 4.55 Å². The first-order valence-electron chi connectivity index (χ1n) is 3.02. The zero-order valence-electron chi connectivity index (χ0n) is 6.25. The minimum absolute atomic E-state index is 0.648. The first-order valence-corrected chi connectivity index (χ1v) is 4.54. The summed E-state index contributed by atoms with van der Waals surface area (Å²) >= 11 is -0.912. The smallest absolute Gasteiger partial charge is 0.115 e. The van der Waals surface area contributed by atoms with Gasteiger partial charge in [0.2, 0.25) is 0 Å². The van der Waals surface area contributed by atoms with Gasteiger partial charge in [-0.25, -0.2) is 0 Å². The second-order valence-corrected chi connectivity index (χ2v) is 3.21. The average Bonchev–Trinajstić information content (AvgIpc) is 1.87. The van der Waals surface area contributed by atoms with Gasteiger partial charge in [0.1, 0.15) is 6.26 Å². The fourth-order valence-electron chi connectivity index (χ4n) is 0.572. The van der Waals surface area contributed by atoms with E-state index in [9.17, 15) is 4.55 Å². The predicted molar refractivity (Wildman–Crippen MR) is 46.0 cm³/mol. The van der Waals surface area contributed by atoms with Gasteiger partial charge in [-0.05, 0) is 0 Å². The van der Waals surface area contributed by atoms with Gasteiger partial charge in [-0.2, -0.15) is 0 Å². The van der Waals surface area contributed by atoms with Crippen molar-refractivity contribution in [3.63, 3.8) is 0 Å². The lowest BCUT2D eigenvalue weighted by atomic mass is 10.5. The van der Waals surface area contributed by atoms with E-state index in [0.717, 1.165) is 0 Å². The van der Waals surface area contributed by atoms with Crippen LogP contribution >= 0.6 is 0 Å². The Morgan fingerprint density at radius 2 is 1.80 bits per heavy atom. The summed E-state index contributed by atoms with van der Waals surface area (Å²) in [5.41, 5.74) is 0. The largest absolute Gasteiger partial charge is 0.598 e. The summed E-state index contributed by atoms with van der Waals surface area (Å²) < 4.78 is 12.6. The molecule has 3 heteroatoms. The average molecular weight is 159 g/mol. The van der Waals surface area contributed by atoms with Gasteiger partial charge in [0, 0.05) is 11.4 Å². The summed E-state index contributed by atoms with van der Waals surface area (Å²) in [6.07, 6.45) is 5.10. The van der Waals surface area contributed by atoms with E-state index in [0.29, 0.717) is 13.1 Å². The topological polar surface area (TPSA) is 26.3 Å². The van der Waals surface area contributed by atoms with Gasteiger partial charge < -0.3 is 4.55 Å². The highest BCUT2D eigenvalue weighted by Gasteiger charge is 2.08. The van der Waals surface area contributed by atoms with Crippen LogP contribution in [0, 0.1) is 0 Å². The maximum Gasteiger partial charge on any atom is 0.115 e. The van der Waals surface area contributed by atoms with Gasteiger partial charge in [-0.1, -0.05) is 12.2 Å². The molecule has 0 aromatic carbocycles. The van der Waals surface area contributed by atoms with E-state index in [1.165, 1.54) is 0 Å². The maximum absolute atomic E-state index is 10.9. The summed E-state index contributed by atoms with van der Waals surface area (Å²) in [6.45, 7) is 8.41. The van der Waals surface area contributed by atoms with Gasteiger partial charge in [-0.3, -0.25) is 0 Å². The molecule has 0 aromatic heterocycles. The lowest BCUT2D eigenvalue weighted by Gasteiger charge is -2.17. The highest BCUT2D eigenvalue weighted by atomic mass is 32.2. The van der Waals surface area contributed by atoms with Gasteiger partial charge >= 0.3 is 0 Å².